The number of nitrogens with zero attached hydrogens (tertiary/aromatic N) is 2. The number of barbiturate groups is 1. The Morgan fingerprint density at radius 1 is 1.16 bits per heavy atom. The van der Waals surface area contributed by atoms with E-state index in [0.717, 1.165) is 6.39 Å². The van der Waals surface area contributed by atoms with Gasteiger partial charge in [0.05, 0.1) is 23.9 Å². The van der Waals surface area contributed by atoms with Gasteiger partial charge in [-0.3, -0.25) is 20.2 Å². The lowest BCUT2D eigenvalue weighted by Gasteiger charge is -2.55. The van der Waals surface area contributed by atoms with Gasteiger partial charge in [0.25, 0.3) is 0 Å². The summed E-state index contributed by atoms with van der Waals surface area (Å²) < 4.78 is 41.2. The molecule has 4 amide bonds. The maximum Gasteiger partial charge on any atom is 0.328 e. The van der Waals surface area contributed by atoms with Crippen molar-refractivity contribution in [1.82, 2.24) is 15.6 Å². The van der Waals surface area contributed by atoms with Gasteiger partial charge in [-0.1, -0.05) is 0 Å². The summed E-state index contributed by atoms with van der Waals surface area (Å²) in [6.07, 6.45) is 0.951. The lowest BCUT2D eigenvalue weighted by Crippen LogP contribution is -2.75. The molecule has 3 aliphatic rings. The molecule has 2 N–H and O–H groups in total. The van der Waals surface area contributed by atoms with Crippen LogP contribution < -0.4 is 15.5 Å². The molecule has 31 heavy (non-hydrogen) atoms. The van der Waals surface area contributed by atoms with Gasteiger partial charge in [-0.25, -0.2) is 18.6 Å². The van der Waals surface area contributed by atoms with Crippen LogP contribution in [0.3, 0.4) is 0 Å². The maximum atomic E-state index is 15.4. The molecule has 4 heterocycles. The third-order valence-corrected chi connectivity index (χ3v) is 6.18. The van der Waals surface area contributed by atoms with Gasteiger partial charge in [-0.05, 0) is 25.5 Å². The molecule has 162 valence electrons. The fraction of sp³-hybridized carbons (Fsp3) is 0.400. The van der Waals surface area contributed by atoms with Crippen LogP contribution >= 0.6 is 0 Å². The van der Waals surface area contributed by atoms with Gasteiger partial charge in [0.2, 0.25) is 11.8 Å². The molecule has 2 fully saturated rings. The number of urea groups is 1. The minimum absolute atomic E-state index is 0.0279. The fourth-order valence-electron chi connectivity index (χ4n) is 5.07. The van der Waals surface area contributed by atoms with E-state index in [1.807, 2.05) is 0 Å². The molecule has 3 aliphatic heterocycles. The molecule has 0 unspecified atom stereocenters. The quantitative estimate of drug-likeness (QED) is 0.657. The van der Waals surface area contributed by atoms with Crippen LogP contribution in [-0.2, 0) is 20.7 Å². The number of hydrogen-bond acceptors (Lipinski definition) is 7. The summed E-state index contributed by atoms with van der Waals surface area (Å²) >= 11 is 0. The number of benzene rings is 1. The number of oxazole rings is 1. The van der Waals surface area contributed by atoms with Crippen molar-refractivity contribution in [3.05, 3.63) is 35.9 Å². The number of imide groups is 2. The average molecular weight is 432 g/mol. The molecule has 9 nitrogen and oxygen atoms in total. The molecular weight excluding hydrogens is 414 g/mol. The van der Waals surface area contributed by atoms with Crippen molar-refractivity contribution in [2.24, 2.45) is 5.41 Å². The van der Waals surface area contributed by atoms with Gasteiger partial charge in [-0.15, -0.1) is 0 Å². The first kappa shape index (κ1) is 19.6. The van der Waals surface area contributed by atoms with Crippen LogP contribution in [0.25, 0.3) is 11.3 Å². The van der Waals surface area contributed by atoms with Crippen molar-refractivity contribution in [3.8, 4) is 11.3 Å². The van der Waals surface area contributed by atoms with Crippen molar-refractivity contribution in [3.63, 3.8) is 0 Å². The lowest BCUT2D eigenvalue weighted by molar-refractivity contribution is -0.153. The Balaban J connectivity index is 1.76. The minimum Gasteiger partial charge on any atom is -0.451 e. The molecule has 11 heteroatoms. The number of aromatic nitrogens is 1. The second-order valence-electron chi connectivity index (χ2n) is 8.07. The zero-order valence-corrected chi connectivity index (χ0v) is 16.6. The first-order chi connectivity index (χ1) is 14.7. The molecule has 1 aromatic heterocycles. The summed E-state index contributed by atoms with van der Waals surface area (Å²) in [5, 5.41) is 4.29. The Morgan fingerprint density at radius 3 is 2.52 bits per heavy atom. The van der Waals surface area contributed by atoms with E-state index in [0.29, 0.717) is 0 Å². The van der Waals surface area contributed by atoms with E-state index in [1.54, 1.807) is 13.8 Å². The van der Waals surface area contributed by atoms with Crippen LogP contribution in [0.4, 0.5) is 19.3 Å². The normalized spacial score (nSPS) is 26.9. The number of rotatable bonds is 1. The zero-order chi connectivity index (χ0) is 22.1. The van der Waals surface area contributed by atoms with Crippen LogP contribution in [0.2, 0.25) is 0 Å². The molecule has 5 rings (SSSR count). The van der Waals surface area contributed by atoms with Crippen molar-refractivity contribution < 1.29 is 32.3 Å². The fourth-order valence-corrected chi connectivity index (χ4v) is 5.07. The molecule has 1 spiro atoms. The van der Waals surface area contributed by atoms with Crippen molar-refractivity contribution >= 4 is 23.5 Å². The number of carbonyl (C=O) groups excluding carboxylic acids is 3. The Bertz CT molecular complexity index is 1100. The topological polar surface area (TPSA) is 114 Å². The number of morpholine rings is 1. The van der Waals surface area contributed by atoms with Crippen LogP contribution in [0, 0.1) is 17.0 Å². The number of hydrogen-bond donors (Lipinski definition) is 2. The van der Waals surface area contributed by atoms with E-state index in [-0.39, 0.29) is 41.6 Å². The summed E-state index contributed by atoms with van der Waals surface area (Å²) in [7, 11) is 0. The van der Waals surface area contributed by atoms with Gasteiger partial charge in [0.15, 0.2) is 23.4 Å². The maximum absolute atomic E-state index is 15.4. The summed E-state index contributed by atoms with van der Waals surface area (Å²) in [4.78, 5) is 43.3. The minimum atomic E-state index is -1.77. The molecular formula is C20H18F2N4O5. The molecule has 0 aliphatic carbocycles. The number of anilines is 1. The van der Waals surface area contributed by atoms with Gasteiger partial charge >= 0.3 is 6.03 Å². The van der Waals surface area contributed by atoms with Crippen LogP contribution in [0.1, 0.15) is 19.4 Å². The summed E-state index contributed by atoms with van der Waals surface area (Å²) in [6, 6.07) is -0.508. The highest BCUT2D eigenvalue weighted by atomic mass is 19.2. The van der Waals surface area contributed by atoms with E-state index < -0.39 is 47.0 Å². The largest absolute Gasteiger partial charge is 0.451 e. The monoisotopic (exact) mass is 432 g/mol. The van der Waals surface area contributed by atoms with Crippen molar-refractivity contribution in [2.45, 2.75) is 38.5 Å². The third-order valence-electron chi connectivity index (χ3n) is 6.18. The molecule has 2 saturated heterocycles. The predicted octanol–water partition coefficient (Wildman–Crippen LogP) is 1.51. The first-order valence-corrected chi connectivity index (χ1v) is 9.72. The summed E-state index contributed by atoms with van der Waals surface area (Å²) in [6.45, 7) is 3.54. The highest BCUT2D eigenvalue weighted by Gasteiger charge is 2.63. The summed E-state index contributed by atoms with van der Waals surface area (Å²) in [5.41, 5.74) is -1.63. The first-order valence-electron chi connectivity index (χ1n) is 9.72. The van der Waals surface area contributed by atoms with Crippen molar-refractivity contribution in [1.29, 1.82) is 0 Å². The highest BCUT2D eigenvalue weighted by Crippen LogP contribution is 2.49. The second kappa shape index (κ2) is 6.58. The van der Waals surface area contributed by atoms with E-state index >= 15 is 8.78 Å². The lowest BCUT2D eigenvalue weighted by atomic mass is 9.66. The standard InChI is InChI=1S/C20H18F2N4O5/c1-8-5-26-15-10(3-11(13(21)14(15)22)12-6-30-7-23-12)4-20(16(26)9(2)31-8)17(27)24-19(29)25-18(20)28/h3,6-9,16H,4-5H2,1-2H3,(H2,24,25,27,28,29)/t8-,9+,16-/m1/s1. The smallest absolute Gasteiger partial charge is 0.328 e. The van der Waals surface area contributed by atoms with E-state index in [4.69, 9.17) is 9.15 Å². The predicted molar refractivity (Wildman–Crippen MR) is 101 cm³/mol. The molecule has 1 aromatic carbocycles. The van der Waals surface area contributed by atoms with Gasteiger partial charge in [0.1, 0.15) is 12.0 Å². The van der Waals surface area contributed by atoms with Crippen LogP contribution in [0.5, 0.6) is 0 Å². The number of halogens is 2. The number of nitrogens with one attached hydrogen (secondary N) is 2. The van der Waals surface area contributed by atoms with Crippen LogP contribution in [0.15, 0.2) is 23.1 Å². The van der Waals surface area contributed by atoms with Crippen LogP contribution in [-0.4, -0.2) is 47.6 Å². The second-order valence-corrected chi connectivity index (χ2v) is 8.07. The number of ether oxygens (including phenoxy) is 1. The average Bonchev–Trinajstić information content (AvgIpc) is 3.22. The Kier molecular flexibility index (Phi) is 4.16. The molecule has 0 radical (unpaired) electrons. The number of carbonyl (C=O) groups is 3. The Labute approximate surface area is 174 Å². The van der Waals surface area contributed by atoms with Gasteiger partial charge in [0, 0.05) is 18.5 Å². The van der Waals surface area contributed by atoms with Gasteiger partial charge < -0.3 is 14.1 Å². The molecule has 0 bridgehead atoms. The zero-order valence-electron chi connectivity index (χ0n) is 16.6. The third kappa shape index (κ3) is 2.62. The Hall–Kier alpha value is -3.34. The van der Waals surface area contributed by atoms with Gasteiger partial charge in [-0.2, -0.15) is 0 Å². The molecule has 2 aromatic rings. The molecule has 0 saturated carbocycles. The Morgan fingerprint density at radius 2 is 1.87 bits per heavy atom. The van der Waals surface area contributed by atoms with Crippen molar-refractivity contribution in [2.75, 3.05) is 11.4 Å². The summed E-state index contributed by atoms with van der Waals surface area (Å²) in [5.74, 6) is -3.83. The van der Waals surface area contributed by atoms with E-state index in [1.165, 1.54) is 17.2 Å². The highest BCUT2D eigenvalue weighted by molar-refractivity contribution is 6.20. The van der Waals surface area contributed by atoms with E-state index in [2.05, 4.69) is 15.6 Å². The number of amides is 4. The number of fused-ring (bicyclic) bond motifs is 4. The molecule has 3 atom stereocenters. The van der Waals surface area contributed by atoms with E-state index in [9.17, 15) is 14.4 Å². The SMILES string of the molecule is C[C@@H]1CN2c3c(cc(-c4cocn4)c(F)c3F)CC3(C(=O)NC(=O)NC3=O)[C@H]2[C@H](C)O1.